The molecule has 0 aliphatic heterocycles. The number of nitrogens with one attached hydrogen (secondary N) is 1. The van der Waals surface area contributed by atoms with Crippen LogP contribution in [0.15, 0.2) is 59.5 Å². The summed E-state index contributed by atoms with van der Waals surface area (Å²) in [5, 5.41) is 12.5. The molecule has 2 heterocycles. The maximum absolute atomic E-state index is 13.4. The molecular formula is C21H17F4N5O4S. The third-order valence-electron chi connectivity index (χ3n) is 4.78. The van der Waals surface area contributed by atoms with Crippen molar-refractivity contribution in [2.24, 2.45) is 0 Å². The zero-order valence-electron chi connectivity index (χ0n) is 18.0. The second-order valence-electron chi connectivity index (χ2n) is 7.05. The van der Waals surface area contributed by atoms with Crippen molar-refractivity contribution in [1.82, 2.24) is 24.5 Å². The summed E-state index contributed by atoms with van der Waals surface area (Å²) in [6, 6.07) is 11.6. The molecule has 0 atom stereocenters. The van der Waals surface area contributed by atoms with E-state index in [1.54, 1.807) is 30.3 Å². The Kier molecular flexibility index (Phi) is 6.58. The van der Waals surface area contributed by atoms with Crippen molar-refractivity contribution in [2.45, 2.75) is 11.1 Å². The van der Waals surface area contributed by atoms with Crippen LogP contribution in [0.25, 0.3) is 17.0 Å². The SMILES string of the molecule is COc1ccccc1-c1nnc2ccc(OCCNS(=O)(=O)c3ccc(F)c(C(F)(F)F)c3)nn12. The molecule has 4 aromatic rings. The number of para-hydroxylation sites is 1. The van der Waals surface area contributed by atoms with Crippen LogP contribution in [0.4, 0.5) is 17.6 Å². The summed E-state index contributed by atoms with van der Waals surface area (Å²) in [4.78, 5) is -0.725. The molecule has 0 spiro atoms. The molecule has 9 nitrogen and oxygen atoms in total. The van der Waals surface area contributed by atoms with Gasteiger partial charge >= 0.3 is 6.18 Å². The highest BCUT2D eigenvalue weighted by Crippen LogP contribution is 2.33. The first-order valence-corrected chi connectivity index (χ1v) is 11.4. The van der Waals surface area contributed by atoms with Crippen LogP contribution in [-0.4, -0.2) is 48.5 Å². The van der Waals surface area contributed by atoms with Gasteiger partial charge in [-0.25, -0.2) is 17.5 Å². The molecule has 184 valence electrons. The summed E-state index contributed by atoms with van der Waals surface area (Å²) in [5.41, 5.74) is -0.609. The summed E-state index contributed by atoms with van der Waals surface area (Å²) in [7, 11) is -2.83. The molecule has 0 radical (unpaired) electrons. The van der Waals surface area contributed by atoms with Crippen LogP contribution in [0.5, 0.6) is 11.6 Å². The fraction of sp³-hybridized carbons (Fsp3) is 0.190. The normalized spacial score (nSPS) is 12.1. The summed E-state index contributed by atoms with van der Waals surface area (Å²) in [6.45, 7) is -0.487. The van der Waals surface area contributed by atoms with Gasteiger partial charge in [-0.05, 0) is 36.4 Å². The van der Waals surface area contributed by atoms with E-state index in [-0.39, 0.29) is 25.1 Å². The summed E-state index contributed by atoms with van der Waals surface area (Å²) < 4.78 is 91.1. The first kappa shape index (κ1) is 24.3. The van der Waals surface area contributed by atoms with E-state index in [0.29, 0.717) is 28.9 Å². The van der Waals surface area contributed by atoms with Crippen LogP contribution in [0.3, 0.4) is 0 Å². The standard InChI is InChI=1S/C21H17F4N5O4S/c1-33-17-5-3-2-4-14(17)20-28-27-18-8-9-19(29-30(18)20)34-11-10-26-35(31,32)13-6-7-16(22)15(12-13)21(23,24)25/h2-9,12,26H,10-11H2,1H3. The maximum Gasteiger partial charge on any atom is 0.419 e. The molecule has 2 aromatic carbocycles. The number of benzene rings is 2. The average molecular weight is 511 g/mol. The van der Waals surface area contributed by atoms with Gasteiger partial charge < -0.3 is 9.47 Å². The van der Waals surface area contributed by atoms with Crippen LogP contribution in [0.1, 0.15) is 5.56 Å². The van der Waals surface area contributed by atoms with Crippen molar-refractivity contribution in [3.63, 3.8) is 0 Å². The smallest absolute Gasteiger partial charge is 0.419 e. The molecule has 35 heavy (non-hydrogen) atoms. The Morgan fingerprint density at radius 2 is 1.83 bits per heavy atom. The molecule has 0 bridgehead atoms. The predicted octanol–water partition coefficient (Wildman–Crippen LogP) is 3.32. The topological polar surface area (TPSA) is 108 Å². The number of nitrogens with zero attached hydrogens (tertiary/aromatic N) is 4. The highest BCUT2D eigenvalue weighted by Gasteiger charge is 2.35. The molecule has 0 unspecified atom stereocenters. The van der Waals surface area contributed by atoms with Gasteiger partial charge in [0, 0.05) is 12.6 Å². The van der Waals surface area contributed by atoms with E-state index in [9.17, 15) is 26.0 Å². The highest BCUT2D eigenvalue weighted by molar-refractivity contribution is 7.89. The maximum atomic E-state index is 13.4. The van der Waals surface area contributed by atoms with Crippen molar-refractivity contribution < 1.29 is 35.5 Å². The Hall–Kier alpha value is -3.78. The summed E-state index contributed by atoms with van der Waals surface area (Å²) in [5.74, 6) is -0.504. The fourth-order valence-electron chi connectivity index (χ4n) is 3.15. The van der Waals surface area contributed by atoms with E-state index in [2.05, 4.69) is 20.0 Å². The van der Waals surface area contributed by atoms with Crippen molar-refractivity contribution in [3.05, 3.63) is 66.0 Å². The van der Waals surface area contributed by atoms with Crippen LogP contribution in [0.2, 0.25) is 0 Å². The molecule has 4 rings (SSSR count). The Morgan fingerprint density at radius 3 is 2.57 bits per heavy atom. The summed E-state index contributed by atoms with van der Waals surface area (Å²) >= 11 is 0. The van der Waals surface area contributed by atoms with Gasteiger partial charge in [0.25, 0.3) is 0 Å². The number of fused-ring (bicyclic) bond motifs is 1. The van der Waals surface area contributed by atoms with Gasteiger partial charge in [-0.2, -0.15) is 17.7 Å². The molecular weight excluding hydrogens is 494 g/mol. The van der Waals surface area contributed by atoms with Gasteiger partial charge in [0.05, 0.1) is 23.1 Å². The minimum Gasteiger partial charge on any atom is -0.496 e. The second kappa shape index (κ2) is 9.46. The zero-order chi connectivity index (χ0) is 25.2. The number of ether oxygens (including phenoxy) is 2. The Labute approximate surface area is 196 Å². The molecule has 0 saturated heterocycles. The molecule has 0 amide bonds. The minimum absolute atomic E-state index is 0.119. The van der Waals surface area contributed by atoms with Crippen molar-refractivity contribution in [1.29, 1.82) is 0 Å². The van der Waals surface area contributed by atoms with Crippen LogP contribution in [-0.2, 0) is 16.2 Å². The molecule has 0 saturated carbocycles. The zero-order valence-corrected chi connectivity index (χ0v) is 18.8. The molecule has 0 aliphatic rings. The Bertz CT molecular complexity index is 1470. The third-order valence-corrected chi connectivity index (χ3v) is 6.24. The van der Waals surface area contributed by atoms with Crippen molar-refractivity contribution in [3.8, 4) is 23.0 Å². The van der Waals surface area contributed by atoms with E-state index in [1.807, 2.05) is 0 Å². The number of methoxy groups -OCH3 is 1. The second-order valence-corrected chi connectivity index (χ2v) is 8.82. The lowest BCUT2D eigenvalue weighted by Gasteiger charge is -2.12. The van der Waals surface area contributed by atoms with E-state index in [0.717, 1.165) is 6.07 Å². The lowest BCUT2D eigenvalue weighted by atomic mass is 10.2. The number of rotatable bonds is 8. The van der Waals surface area contributed by atoms with Crippen LogP contribution in [0, 0.1) is 5.82 Å². The fourth-order valence-corrected chi connectivity index (χ4v) is 4.19. The largest absolute Gasteiger partial charge is 0.496 e. The molecule has 2 aromatic heterocycles. The molecule has 14 heteroatoms. The van der Waals surface area contributed by atoms with Crippen molar-refractivity contribution >= 4 is 15.7 Å². The quantitative estimate of drug-likeness (QED) is 0.286. The van der Waals surface area contributed by atoms with Gasteiger partial charge in [-0.1, -0.05) is 12.1 Å². The number of halogens is 4. The number of alkyl halides is 3. The highest BCUT2D eigenvalue weighted by atomic mass is 32.2. The molecule has 1 N–H and O–H groups in total. The predicted molar refractivity (Wildman–Crippen MR) is 115 cm³/mol. The minimum atomic E-state index is -5.03. The molecule has 0 aliphatic carbocycles. The van der Waals surface area contributed by atoms with Crippen LogP contribution < -0.4 is 14.2 Å². The van der Waals surface area contributed by atoms with Gasteiger partial charge in [-0.15, -0.1) is 15.3 Å². The average Bonchev–Trinajstić information content (AvgIpc) is 3.24. The van der Waals surface area contributed by atoms with E-state index >= 15 is 0 Å². The van der Waals surface area contributed by atoms with E-state index in [1.165, 1.54) is 17.7 Å². The van der Waals surface area contributed by atoms with Gasteiger partial charge in [0.2, 0.25) is 15.9 Å². The Balaban J connectivity index is 1.45. The number of hydrogen-bond acceptors (Lipinski definition) is 7. The van der Waals surface area contributed by atoms with E-state index < -0.39 is 32.5 Å². The Morgan fingerprint density at radius 1 is 1.06 bits per heavy atom. The number of aromatic nitrogens is 4. The van der Waals surface area contributed by atoms with Gasteiger partial charge in [0.15, 0.2) is 11.5 Å². The van der Waals surface area contributed by atoms with Gasteiger partial charge in [-0.3, -0.25) is 0 Å². The first-order chi connectivity index (χ1) is 16.6. The summed E-state index contributed by atoms with van der Waals surface area (Å²) in [6.07, 6.45) is -5.03. The van der Waals surface area contributed by atoms with Gasteiger partial charge in [0.1, 0.15) is 18.2 Å². The number of sulfonamides is 1. The third kappa shape index (κ3) is 5.17. The first-order valence-electron chi connectivity index (χ1n) is 9.95. The number of hydrogen-bond donors (Lipinski definition) is 1. The van der Waals surface area contributed by atoms with Crippen LogP contribution >= 0.6 is 0 Å². The lowest BCUT2D eigenvalue weighted by molar-refractivity contribution is -0.140. The monoisotopic (exact) mass is 511 g/mol. The molecule has 0 fully saturated rings. The lowest BCUT2D eigenvalue weighted by Crippen LogP contribution is -2.28. The van der Waals surface area contributed by atoms with E-state index in [4.69, 9.17) is 9.47 Å². The van der Waals surface area contributed by atoms with Crippen molar-refractivity contribution in [2.75, 3.05) is 20.3 Å².